The number of hydrogen-bond donors (Lipinski definition) is 2. The summed E-state index contributed by atoms with van der Waals surface area (Å²) in [6.07, 6.45) is 0. The molecule has 5 nitrogen and oxygen atoms in total. The summed E-state index contributed by atoms with van der Waals surface area (Å²) in [7, 11) is -3.87. The fourth-order valence-corrected chi connectivity index (χ4v) is 4.14. The highest BCUT2D eigenvalue weighted by atomic mass is 32.2. The number of carbonyl (C=O) groups is 1. The highest BCUT2D eigenvalue weighted by Crippen LogP contribution is 2.24. The minimum Gasteiger partial charge on any atom is -0.322 e. The number of halogens is 1. The molecule has 3 aromatic carbocycles. The second-order valence-electron chi connectivity index (χ2n) is 7.29. The minimum atomic E-state index is -3.87. The molecule has 0 aromatic heterocycles. The van der Waals surface area contributed by atoms with Gasteiger partial charge in [-0.15, -0.1) is 0 Å². The number of hydrogen-bond acceptors (Lipinski definition) is 3. The Hall–Kier alpha value is -3.19. The smallest absolute Gasteiger partial charge is 0.261 e. The predicted octanol–water partition coefficient (Wildman–Crippen LogP) is 5.31. The summed E-state index contributed by atoms with van der Waals surface area (Å²) in [4.78, 5) is 12.6. The first-order valence-electron chi connectivity index (χ1n) is 9.46. The van der Waals surface area contributed by atoms with E-state index in [1.807, 2.05) is 24.3 Å². The van der Waals surface area contributed by atoms with Crippen LogP contribution in [0.2, 0.25) is 0 Å². The molecule has 30 heavy (non-hydrogen) atoms. The van der Waals surface area contributed by atoms with Gasteiger partial charge in [0.1, 0.15) is 5.82 Å². The molecule has 0 spiro atoms. The molecule has 1 amide bonds. The molecule has 0 aliphatic carbocycles. The molecule has 7 heteroatoms. The zero-order chi connectivity index (χ0) is 21.9. The first-order valence-corrected chi connectivity index (χ1v) is 10.9. The average molecular weight is 427 g/mol. The third-order valence-corrected chi connectivity index (χ3v) is 6.05. The first-order chi connectivity index (χ1) is 14.2. The van der Waals surface area contributed by atoms with Gasteiger partial charge in [0.05, 0.1) is 4.90 Å². The monoisotopic (exact) mass is 426 g/mol. The third kappa shape index (κ3) is 4.86. The lowest BCUT2D eigenvalue weighted by molar-refractivity contribution is 0.102. The third-order valence-electron chi connectivity index (χ3n) is 4.67. The summed E-state index contributed by atoms with van der Waals surface area (Å²) >= 11 is 0. The Labute approximate surface area is 176 Å². The van der Waals surface area contributed by atoms with Crippen LogP contribution in [0.5, 0.6) is 0 Å². The topological polar surface area (TPSA) is 75.3 Å². The van der Waals surface area contributed by atoms with Crippen molar-refractivity contribution in [2.45, 2.75) is 31.6 Å². The highest BCUT2D eigenvalue weighted by molar-refractivity contribution is 7.92. The van der Waals surface area contributed by atoms with Crippen LogP contribution in [0.4, 0.5) is 15.8 Å². The van der Waals surface area contributed by atoms with Crippen LogP contribution < -0.4 is 10.0 Å². The van der Waals surface area contributed by atoms with E-state index in [9.17, 15) is 17.6 Å². The SMILES string of the molecule is Cc1cc(S(=O)(=O)Nc2ccc(C(=O)Nc3ccccc3C(C)C)cc2)ccc1F. The number of anilines is 2. The van der Waals surface area contributed by atoms with Gasteiger partial charge in [-0.1, -0.05) is 32.0 Å². The number of para-hydroxylation sites is 1. The molecular formula is C23H23FN2O3S. The molecule has 0 heterocycles. The van der Waals surface area contributed by atoms with E-state index in [0.717, 1.165) is 17.3 Å². The van der Waals surface area contributed by atoms with Gasteiger partial charge in [0, 0.05) is 16.9 Å². The van der Waals surface area contributed by atoms with Crippen LogP contribution in [0.25, 0.3) is 0 Å². The van der Waals surface area contributed by atoms with E-state index in [1.165, 1.54) is 31.2 Å². The van der Waals surface area contributed by atoms with Crippen molar-refractivity contribution in [1.29, 1.82) is 0 Å². The average Bonchev–Trinajstić information content (AvgIpc) is 2.70. The molecular weight excluding hydrogens is 403 g/mol. The number of sulfonamides is 1. The Kier molecular flexibility index (Phi) is 6.22. The number of aryl methyl sites for hydroxylation is 1. The predicted molar refractivity (Wildman–Crippen MR) is 117 cm³/mol. The van der Waals surface area contributed by atoms with Gasteiger partial charge in [-0.2, -0.15) is 0 Å². The molecule has 156 valence electrons. The second-order valence-corrected chi connectivity index (χ2v) is 8.97. The van der Waals surface area contributed by atoms with Crippen molar-refractivity contribution < 1.29 is 17.6 Å². The summed E-state index contributed by atoms with van der Waals surface area (Å²) < 4.78 is 40.9. The summed E-state index contributed by atoms with van der Waals surface area (Å²) in [6, 6.07) is 17.3. The minimum absolute atomic E-state index is 0.0338. The Balaban J connectivity index is 1.75. The van der Waals surface area contributed by atoms with E-state index in [0.29, 0.717) is 11.3 Å². The Morgan fingerprint density at radius 3 is 2.27 bits per heavy atom. The number of benzene rings is 3. The maximum absolute atomic E-state index is 13.4. The van der Waals surface area contributed by atoms with E-state index in [-0.39, 0.29) is 22.3 Å². The summed E-state index contributed by atoms with van der Waals surface area (Å²) in [5, 5.41) is 2.90. The lowest BCUT2D eigenvalue weighted by Crippen LogP contribution is -2.15. The maximum atomic E-state index is 13.4. The number of nitrogens with one attached hydrogen (secondary N) is 2. The standard InChI is InChI=1S/C23H23FN2O3S/c1-15(2)20-6-4-5-7-22(20)25-23(27)17-8-10-18(11-9-17)26-30(28,29)19-12-13-21(24)16(3)14-19/h4-15,26H,1-3H3,(H,25,27). The molecule has 0 fully saturated rings. The van der Waals surface area contributed by atoms with Crippen LogP contribution in [0.1, 0.15) is 41.3 Å². The van der Waals surface area contributed by atoms with Crippen LogP contribution in [0, 0.1) is 12.7 Å². The van der Waals surface area contributed by atoms with E-state index >= 15 is 0 Å². The van der Waals surface area contributed by atoms with Gasteiger partial charge >= 0.3 is 0 Å². The van der Waals surface area contributed by atoms with Gasteiger partial charge < -0.3 is 5.32 Å². The molecule has 0 aliphatic rings. The lowest BCUT2D eigenvalue weighted by Gasteiger charge is -2.14. The number of amides is 1. The van der Waals surface area contributed by atoms with Crippen LogP contribution in [0.3, 0.4) is 0 Å². The Bertz CT molecular complexity index is 1170. The van der Waals surface area contributed by atoms with Gasteiger partial charge in [0.15, 0.2) is 0 Å². The molecule has 3 rings (SSSR count). The Morgan fingerprint density at radius 1 is 0.967 bits per heavy atom. The first kappa shape index (κ1) is 21.5. The molecule has 0 bridgehead atoms. The zero-order valence-corrected chi connectivity index (χ0v) is 17.8. The van der Waals surface area contributed by atoms with Gasteiger partial charge in [-0.3, -0.25) is 9.52 Å². The van der Waals surface area contributed by atoms with Gasteiger partial charge in [0.25, 0.3) is 15.9 Å². The van der Waals surface area contributed by atoms with E-state index in [1.54, 1.807) is 12.1 Å². The van der Waals surface area contributed by atoms with Crippen LogP contribution in [0.15, 0.2) is 71.6 Å². The summed E-state index contributed by atoms with van der Waals surface area (Å²) in [5.41, 5.74) is 2.72. The van der Waals surface area contributed by atoms with E-state index in [2.05, 4.69) is 23.9 Å². The molecule has 0 saturated carbocycles. The summed E-state index contributed by atoms with van der Waals surface area (Å²) in [5.74, 6) is -0.497. The van der Waals surface area contributed by atoms with Crippen molar-refractivity contribution in [2.75, 3.05) is 10.0 Å². The van der Waals surface area contributed by atoms with Gasteiger partial charge in [-0.05, 0) is 72.5 Å². The zero-order valence-electron chi connectivity index (χ0n) is 16.9. The van der Waals surface area contributed by atoms with Gasteiger partial charge in [-0.25, -0.2) is 12.8 Å². The molecule has 0 unspecified atom stereocenters. The van der Waals surface area contributed by atoms with E-state index in [4.69, 9.17) is 0 Å². The second kappa shape index (κ2) is 8.67. The lowest BCUT2D eigenvalue weighted by atomic mass is 10.0. The quantitative estimate of drug-likeness (QED) is 0.561. The fraction of sp³-hybridized carbons (Fsp3) is 0.174. The van der Waals surface area contributed by atoms with Crippen molar-refractivity contribution in [1.82, 2.24) is 0 Å². The molecule has 0 saturated heterocycles. The van der Waals surface area contributed by atoms with Crippen molar-refractivity contribution in [3.05, 3.63) is 89.2 Å². The van der Waals surface area contributed by atoms with Gasteiger partial charge in [0.2, 0.25) is 0 Å². The van der Waals surface area contributed by atoms with Crippen LogP contribution >= 0.6 is 0 Å². The number of rotatable bonds is 6. The molecule has 0 radical (unpaired) electrons. The number of carbonyl (C=O) groups excluding carboxylic acids is 1. The van der Waals surface area contributed by atoms with Crippen LogP contribution in [-0.4, -0.2) is 14.3 Å². The Morgan fingerprint density at radius 2 is 1.63 bits per heavy atom. The van der Waals surface area contributed by atoms with Crippen molar-refractivity contribution in [2.24, 2.45) is 0 Å². The largest absolute Gasteiger partial charge is 0.322 e. The normalized spacial score (nSPS) is 11.4. The highest BCUT2D eigenvalue weighted by Gasteiger charge is 2.16. The maximum Gasteiger partial charge on any atom is 0.261 e. The summed E-state index contributed by atoms with van der Waals surface area (Å²) in [6.45, 7) is 5.60. The molecule has 2 N–H and O–H groups in total. The van der Waals surface area contributed by atoms with Crippen molar-refractivity contribution >= 4 is 27.3 Å². The van der Waals surface area contributed by atoms with E-state index < -0.39 is 15.8 Å². The fourth-order valence-electron chi connectivity index (χ4n) is 3.00. The molecule has 0 atom stereocenters. The molecule has 0 aliphatic heterocycles. The molecule has 3 aromatic rings. The van der Waals surface area contributed by atoms with Crippen LogP contribution in [-0.2, 0) is 10.0 Å². The van der Waals surface area contributed by atoms with Crippen molar-refractivity contribution in [3.8, 4) is 0 Å². The van der Waals surface area contributed by atoms with Crippen molar-refractivity contribution in [3.63, 3.8) is 0 Å².